The van der Waals surface area contributed by atoms with Gasteiger partial charge < -0.3 is 4.52 Å². The van der Waals surface area contributed by atoms with Crippen LogP contribution in [0.3, 0.4) is 0 Å². The fourth-order valence-corrected chi connectivity index (χ4v) is 5.10. The molecule has 0 amide bonds. The minimum atomic E-state index is -2.46. The van der Waals surface area contributed by atoms with E-state index in [0.29, 0.717) is 5.92 Å². The van der Waals surface area contributed by atoms with Crippen molar-refractivity contribution in [2.75, 3.05) is 26.0 Å². The second kappa shape index (κ2) is 4.14. The number of nitrogens with zero attached hydrogens (tertiary/aromatic N) is 1. The average molecular weight is 209 g/mol. The summed E-state index contributed by atoms with van der Waals surface area (Å²) in [7, 11) is 1.53. The largest absolute Gasteiger partial charge is 0.328 e. The predicted molar refractivity (Wildman–Crippen MR) is 53.5 cm³/mol. The lowest BCUT2D eigenvalue weighted by Crippen LogP contribution is -1.97. The zero-order valence-electron chi connectivity index (χ0n) is 7.82. The van der Waals surface area contributed by atoms with E-state index in [1.54, 1.807) is 0 Å². The fourth-order valence-electron chi connectivity index (χ4n) is 0.783. The summed E-state index contributed by atoms with van der Waals surface area (Å²) < 4.78 is 18.9. The van der Waals surface area contributed by atoms with Crippen LogP contribution in [0.2, 0.25) is 0 Å². The SMILES string of the molecule is COP(=O)(SCC(C)C)N1CC1. The molecule has 0 aromatic carbocycles. The Kier molecular flexibility index (Phi) is 3.65. The Bertz CT molecular complexity index is 194. The van der Waals surface area contributed by atoms with Gasteiger partial charge >= 0.3 is 6.72 Å². The molecule has 0 aromatic heterocycles. The molecule has 3 nitrogen and oxygen atoms in total. The third kappa shape index (κ3) is 2.77. The molecule has 0 bridgehead atoms. The first-order valence-electron chi connectivity index (χ1n) is 4.14. The molecule has 0 aliphatic carbocycles. The van der Waals surface area contributed by atoms with Crippen LogP contribution >= 0.6 is 18.1 Å². The van der Waals surface area contributed by atoms with Gasteiger partial charge in [0, 0.05) is 26.0 Å². The van der Waals surface area contributed by atoms with E-state index in [2.05, 4.69) is 13.8 Å². The van der Waals surface area contributed by atoms with Crippen LogP contribution in [-0.4, -0.2) is 30.6 Å². The molecule has 1 rings (SSSR count). The van der Waals surface area contributed by atoms with E-state index < -0.39 is 6.72 Å². The normalized spacial score (nSPS) is 22.7. The third-order valence-corrected chi connectivity index (χ3v) is 6.83. The lowest BCUT2D eigenvalue weighted by atomic mass is 10.3. The topological polar surface area (TPSA) is 29.3 Å². The number of rotatable bonds is 5. The monoisotopic (exact) mass is 209 g/mol. The van der Waals surface area contributed by atoms with E-state index in [9.17, 15) is 4.57 Å². The molecule has 1 atom stereocenters. The second-order valence-electron chi connectivity index (χ2n) is 3.29. The first-order valence-corrected chi connectivity index (χ1v) is 7.31. The van der Waals surface area contributed by atoms with Gasteiger partial charge in [-0.3, -0.25) is 4.57 Å². The molecule has 0 radical (unpaired) electrons. The van der Waals surface area contributed by atoms with Crippen molar-refractivity contribution in [1.82, 2.24) is 4.67 Å². The van der Waals surface area contributed by atoms with Crippen LogP contribution in [0.4, 0.5) is 0 Å². The van der Waals surface area contributed by atoms with Gasteiger partial charge in [0.1, 0.15) is 0 Å². The van der Waals surface area contributed by atoms with Crippen molar-refractivity contribution in [3.63, 3.8) is 0 Å². The van der Waals surface area contributed by atoms with Crippen molar-refractivity contribution in [1.29, 1.82) is 0 Å². The summed E-state index contributed by atoms with van der Waals surface area (Å²) in [5.74, 6) is 1.47. The maximum Gasteiger partial charge on any atom is 0.328 e. The summed E-state index contributed by atoms with van der Waals surface area (Å²) in [6.45, 7) is 3.63. The van der Waals surface area contributed by atoms with Gasteiger partial charge in [-0.25, -0.2) is 4.67 Å². The van der Waals surface area contributed by atoms with Gasteiger partial charge in [0.05, 0.1) is 0 Å². The summed E-state index contributed by atoms with van der Waals surface area (Å²) in [6, 6.07) is 0. The highest BCUT2D eigenvalue weighted by Gasteiger charge is 2.39. The van der Waals surface area contributed by atoms with Gasteiger partial charge in [-0.1, -0.05) is 25.2 Å². The van der Waals surface area contributed by atoms with Crippen LogP contribution in [0.25, 0.3) is 0 Å². The molecule has 1 heterocycles. The van der Waals surface area contributed by atoms with Crippen LogP contribution in [0.1, 0.15) is 13.8 Å². The van der Waals surface area contributed by atoms with Gasteiger partial charge in [-0.15, -0.1) is 0 Å². The van der Waals surface area contributed by atoms with Crippen molar-refractivity contribution in [2.45, 2.75) is 13.8 Å². The predicted octanol–water partition coefficient (Wildman–Crippen LogP) is 2.45. The molecule has 1 saturated heterocycles. The lowest BCUT2D eigenvalue weighted by Gasteiger charge is -2.16. The van der Waals surface area contributed by atoms with Crippen molar-refractivity contribution >= 4 is 18.1 Å². The van der Waals surface area contributed by atoms with E-state index in [1.165, 1.54) is 18.5 Å². The lowest BCUT2D eigenvalue weighted by molar-refractivity contribution is 0.384. The summed E-state index contributed by atoms with van der Waals surface area (Å²) >= 11 is 1.46. The molecule has 0 N–H and O–H groups in total. The van der Waals surface area contributed by atoms with E-state index in [-0.39, 0.29) is 0 Å². The van der Waals surface area contributed by atoms with Gasteiger partial charge in [0.25, 0.3) is 0 Å². The maximum atomic E-state index is 11.9. The minimum Gasteiger partial charge on any atom is -0.313 e. The van der Waals surface area contributed by atoms with Crippen LogP contribution < -0.4 is 0 Å². The molecule has 1 unspecified atom stereocenters. The Balaban J connectivity index is 2.39. The smallest absolute Gasteiger partial charge is 0.313 e. The third-order valence-electron chi connectivity index (χ3n) is 1.57. The minimum absolute atomic E-state index is 0.568. The molecule has 1 aliphatic rings. The quantitative estimate of drug-likeness (QED) is 0.513. The summed E-state index contributed by atoms with van der Waals surface area (Å²) in [6.07, 6.45) is 0. The first kappa shape index (κ1) is 10.6. The van der Waals surface area contributed by atoms with Crippen LogP contribution in [0.15, 0.2) is 0 Å². The maximum absolute atomic E-state index is 11.9. The Hall–Kier alpha value is 0.500. The Labute approximate surface area is 78.1 Å². The highest BCUT2D eigenvalue weighted by molar-refractivity contribution is 8.55. The molecule has 0 aromatic rings. The number of hydrogen-bond acceptors (Lipinski definition) is 3. The Morgan fingerprint density at radius 2 is 2.17 bits per heavy atom. The highest BCUT2D eigenvalue weighted by Crippen LogP contribution is 2.65. The van der Waals surface area contributed by atoms with Crippen molar-refractivity contribution in [3.8, 4) is 0 Å². The van der Waals surface area contributed by atoms with Crippen molar-refractivity contribution in [2.24, 2.45) is 5.92 Å². The number of hydrogen-bond donors (Lipinski definition) is 0. The van der Waals surface area contributed by atoms with Crippen molar-refractivity contribution in [3.05, 3.63) is 0 Å². The summed E-state index contributed by atoms with van der Waals surface area (Å²) in [5.41, 5.74) is 0. The van der Waals surface area contributed by atoms with Gasteiger partial charge in [0.15, 0.2) is 0 Å². The molecule has 5 heteroatoms. The molecule has 1 aliphatic heterocycles. The average Bonchev–Trinajstić information content (AvgIpc) is 2.82. The molecule has 1 fully saturated rings. The van der Waals surface area contributed by atoms with Gasteiger partial charge in [0.2, 0.25) is 0 Å². The Morgan fingerprint density at radius 3 is 2.50 bits per heavy atom. The standard InChI is InChI=1S/C7H16NO2PS/c1-7(2)6-12-11(9,10-3)8-4-5-8/h7H,4-6H2,1-3H3. The second-order valence-corrected chi connectivity index (χ2v) is 7.91. The van der Waals surface area contributed by atoms with Crippen molar-refractivity contribution < 1.29 is 9.09 Å². The fraction of sp³-hybridized carbons (Fsp3) is 1.00. The zero-order chi connectivity index (χ0) is 9.19. The molecule has 72 valence electrons. The van der Waals surface area contributed by atoms with Gasteiger partial charge in [-0.2, -0.15) is 0 Å². The zero-order valence-corrected chi connectivity index (χ0v) is 9.53. The summed E-state index contributed by atoms with van der Waals surface area (Å²) in [4.78, 5) is 0. The molecule has 0 spiro atoms. The first-order chi connectivity index (χ1) is 5.58. The molecular weight excluding hydrogens is 193 g/mol. The van der Waals surface area contributed by atoms with E-state index in [4.69, 9.17) is 4.52 Å². The summed E-state index contributed by atoms with van der Waals surface area (Å²) in [5, 5.41) is 0. The van der Waals surface area contributed by atoms with E-state index in [0.717, 1.165) is 18.8 Å². The molecule has 12 heavy (non-hydrogen) atoms. The molecular formula is C7H16NO2PS. The molecule has 0 saturated carbocycles. The van der Waals surface area contributed by atoms with Crippen LogP contribution in [0.5, 0.6) is 0 Å². The van der Waals surface area contributed by atoms with Crippen LogP contribution in [-0.2, 0) is 9.09 Å². The van der Waals surface area contributed by atoms with E-state index in [1.807, 2.05) is 4.67 Å². The van der Waals surface area contributed by atoms with E-state index >= 15 is 0 Å². The van der Waals surface area contributed by atoms with Crippen LogP contribution in [0, 0.1) is 5.92 Å². The Morgan fingerprint density at radius 1 is 1.58 bits per heavy atom. The highest BCUT2D eigenvalue weighted by atomic mass is 32.7. The van der Waals surface area contributed by atoms with Gasteiger partial charge in [-0.05, 0) is 5.92 Å².